The Kier molecular flexibility index (Phi) is 7.03. The molecule has 6 nitrogen and oxygen atoms in total. The van der Waals surface area contributed by atoms with Crippen LogP contribution in [0.5, 0.6) is 5.75 Å². The second-order valence-corrected chi connectivity index (χ2v) is 9.45. The van der Waals surface area contributed by atoms with Gasteiger partial charge in [0.15, 0.2) is 4.34 Å². The molecule has 4 aromatic rings. The normalized spacial score (nSPS) is 11.6. The number of hydrogen-bond acceptors (Lipinski definition) is 7. The maximum Gasteiger partial charge on any atom is 0.237 e. The van der Waals surface area contributed by atoms with Crippen LogP contribution in [-0.4, -0.2) is 28.5 Å². The molecule has 0 aliphatic carbocycles. The van der Waals surface area contributed by atoms with Crippen LogP contribution in [0.25, 0.3) is 11.1 Å². The molecule has 1 heterocycles. The number of para-hydroxylation sites is 1. The summed E-state index contributed by atoms with van der Waals surface area (Å²) in [6.07, 6.45) is 0. The van der Waals surface area contributed by atoms with Crippen molar-refractivity contribution in [1.82, 2.24) is 10.2 Å². The zero-order valence-corrected chi connectivity index (χ0v) is 19.2. The number of methoxy groups -OCH3 is 1. The number of carbonyl (C=O) groups is 1. The number of anilines is 3. The van der Waals surface area contributed by atoms with Crippen LogP contribution in [0, 0.1) is 0 Å². The van der Waals surface area contributed by atoms with Crippen LogP contribution in [0.3, 0.4) is 0 Å². The number of benzene rings is 3. The van der Waals surface area contributed by atoms with Crippen molar-refractivity contribution in [2.75, 3.05) is 17.7 Å². The topological polar surface area (TPSA) is 76.1 Å². The summed E-state index contributed by atoms with van der Waals surface area (Å²) in [7, 11) is 1.63. The van der Waals surface area contributed by atoms with Gasteiger partial charge in [0.05, 0.1) is 12.4 Å². The van der Waals surface area contributed by atoms with Crippen LogP contribution in [-0.2, 0) is 4.79 Å². The molecule has 2 N–H and O–H groups in total. The van der Waals surface area contributed by atoms with Gasteiger partial charge in [-0.2, -0.15) is 0 Å². The largest absolute Gasteiger partial charge is 0.497 e. The number of hydrogen-bond donors (Lipinski definition) is 2. The van der Waals surface area contributed by atoms with Crippen LogP contribution in [0.2, 0.25) is 0 Å². The molecule has 3 aromatic carbocycles. The molecule has 1 atom stereocenters. The van der Waals surface area contributed by atoms with Gasteiger partial charge in [-0.15, -0.1) is 10.2 Å². The molecule has 0 saturated carbocycles. The third kappa shape index (κ3) is 5.46. The fraction of sp³-hybridized carbons (Fsp3) is 0.125. The highest BCUT2D eigenvalue weighted by Crippen LogP contribution is 2.32. The van der Waals surface area contributed by atoms with Crippen molar-refractivity contribution in [3.05, 3.63) is 78.9 Å². The third-order valence-corrected chi connectivity index (χ3v) is 6.69. The van der Waals surface area contributed by atoms with Crippen molar-refractivity contribution in [2.24, 2.45) is 0 Å². The lowest BCUT2D eigenvalue weighted by Gasteiger charge is -2.14. The summed E-state index contributed by atoms with van der Waals surface area (Å²) in [5.74, 6) is 0.705. The van der Waals surface area contributed by atoms with Gasteiger partial charge in [0.25, 0.3) is 0 Å². The van der Waals surface area contributed by atoms with Crippen molar-refractivity contribution in [1.29, 1.82) is 0 Å². The van der Waals surface area contributed by atoms with Gasteiger partial charge in [-0.1, -0.05) is 71.6 Å². The molecule has 8 heteroatoms. The minimum Gasteiger partial charge on any atom is -0.497 e. The number of aromatic nitrogens is 2. The molecule has 4 rings (SSSR count). The Morgan fingerprint density at radius 2 is 1.69 bits per heavy atom. The highest BCUT2D eigenvalue weighted by molar-refractivity contribution is 8.02. The lowest BCUT2D eigenvalue weighted by Crippen LogP contribution is -2.22. The van der Waals surface area contributed by atoms with E-state index in [9.17, 15) is 4.79 Å². The number of ether oxygens (including phenoxy) is 1. The number of thioether (sulfide) groups is 1. The van der Waals surface area contributed by atoms with Gasteiger partial charge in [-0.25, -0.2) is 0 Å². The minimum atomic E-state index is -0.333. The summed E-state index contributed by atoms with van der Waals surface area (Å²) < 4.78 is 5.89. The average Bonchev–Trinajstić information content (AvgIpc) is 3.27. The SMILES string of the molecule is COc1ccc(Nc2nnc(SC(C)C(=O)Nc3ccccc3-c3ccccc3)s2)cc1. The highest BCUT2D eigenvalue weighted by Gasteiger charge is 2.18. The lowest BCUT2D eigenvalue weighted by atomic mass is 10.0. The van der Waals surface area contributed by atoms with Gasteiger partial charge in [0.1, 0.15) is 5.75 Å². The Labute approximate surface area is 195 Å². The minimum absolute atomic E-state index is 0.0850. The predicted octanol–water partition coefficient (Wildman–Crippen LogP) is 6.08. The summed E-state index contributed by atoms with van der Waals surface area (Å²) >= 11 is 2.79. The molecular weight excluding hydrogens is 440 g/mol. The first-order chi connectivity index (χ1) is 15.6. The number of nitrogens with zero attached hydrogens (tertiary/aromatic N) is 2. The van der Waals surface area contributed by atoms with Gasteiger partial charge in [0, 0.05) is 16.9 Å². The van der Waals surface area contributed by atoms with E-state index in [1.54, 1.807) is 7.11 Å². The van der Waals surface area contributed by atoms with Gasteiger partial charge in [-0.05, 0) is 42.8 Å². The molecule has 0 fully saturated rings. The molecule has 0 saturated heterocycles. The van der Waals surface area contributed by atoms with Gasteiger partial charge in [0.2, 0.25) is 11.0 Å². The van der Waals surface area contributed by atoms with Gasteiger partial charge in [-0.3, -0.25) is 4.79 Å². The van der Waals surface area contributed by atoms with E-state index >= 15 is 0 Å². The first kappa shape index (κ1) is 21.9. The Hall–Kier alpha value is -3.36. The van der Waals surface area contributed by atoms with Crippen LogP contribution >= 0.6 is 23.1 Å². The molecular formula is C24H22N4O2S2. The third-order valence-electron chi connectivity index (χ3n) is 4.66. The van der Waals surface area contributed by atoms with Crippen LogP contribution in [0.4, 0.5) is 16.5 Å². The zero-order valence-electron chi connectivity index (χ0n) is 17.6. The molecule has 0 bridgehead atoms. The monoisotopic (exact) mass is 462 g/mol. The van der Waals surface area contributed by atoms with E-state index in [1.165, 1.54) is 23.1 Å². The second-order valence-electron chi connectivity index (χ2n) is 6.89. The first-order valence-corrected chi connectivity index (χ1v) is 11.7. The predicted molar refractivity (Wildman–Crippen MR) is 132 cm³/mol. The van der Waals surface area contributed by atoms with Crippen LogP contribution < -0.4 is 15.4 Å². The van der Waals surface area contributed by atoms with Crippen LogP contribution in [0.1, 0.15) is 6.92 Å². The molecule has 0 aliphatic rings. The summed E-state index contributed by atoms with van der Waals surface area (Å²) in [6.45, 7) is 1.86. The van der Waals surface area contributed by atoms with Crippen molar-refractivity contribution < 1.29 is 9.53 Å². The van der Waals surface area contributed by atoms with Crippen LogP contribution in [0.15, 0.2) is 83.2 Å². The number of rotatable bonds is 8. The molecule has 1 amide bonds. The van der Waals surface area contributed by atoms with Gasteiger partial charge < -0.3 is 15.4 Å². The van der Waals surface area contributed by atoms with E-state index in [-0.39, 0.29) is 11.2 Å². The van der Waals surface area contributed by atoms with E-state index < -0.39 is 0 Å². The second kappa shape index (κ2) is 10.3. The van der Waals surface area contributed by atoms with E-state index in [4.69, 9.17) is 4.74 Å². The molecule has 162 valence electrons. The molecule has 1 unspecified atom stereocenters. The average molecular weight is 463 g/mol. The zero-order chi connectivity index (χ0) is 22.3. The van der Waals surface area contributed by atoms with Crippen molar-refractivity contribution in [3.8, 4) is 16.9 Å². The molecule has 0 aliphatic heterocycles. The Morgan fingerprint density at radius 1 is 0.969 bits per heavy atom. The standard InChI is InChI=1S/C24H22N4O2S2/c1-16(22(29)26-21-11-7-6-10-20(21)17-8-4-3-5-9-17)31-24-28-27-23(32-24)25-18-12-14-19(30-2)15-13-18/h3-16H,1-2H3,(H,25,27)(H,26,29). The number of amides is 1. The Morgan fingerprint density at radius 3 is 2.44 bits per heavy atom. The highest BCUT2D eigenvalue weighted by atomic mass is 32.2. The smallest absolute Gasteiger partial charge is 0.237 e. The molecule has 32 heavy (non-hydrogen) atoms. The Balaban J connectivity index is 1.39. The molecule has 0 radical (unpaired) electrons. The first-order valence-electron chi connectivity index (χ1n) is 9.99. The van der Waals surface area contributed by atoms with Crippen molar-refractivity contribution in [3.63, 3.8) is 0 Å². The maximum absolute atomic E-state index is 12.9. The summed E-state index contributed by atoms with van der Waals surface area (Å²) in [6, 6.07) is 25.4. The summed E-state index contributed by atoms with van der Waals surface area (Å²) in [4.78, 5) is 12.9. The number of nitrogens with one attached hydrogen (secondary N) is 2. The summed E-state index contributed by atoms with van der Waals surface area (Å²) in [5, 5.41) is 15.0. The molecule has 0 spiro atoms. The maximum atomic E-state index is 12.9. The van der Waals surface area contributed by atoms with Crippen molar-refractivity contribution in [2.45, 2.75) is 16.5 Å². The Bertz CT molecular complexity index is 1180. The summed E-state index contributed by atoms with van der Waals surface area (Å²) in [5.41, 5.74) is 3.72. The van der Waals surface area contributed by atoms with E-state index in [2.05, 4.69) is 20.8 Å². The quantitative estimate of drug-likeness (QED) is 0.309. The van der Waals surface area contributed by atoms with Crippen molar-refractivity contribution >= 4 is 45.5 Å². The van der Waals surface area contributed by atoms with Gasteiger partial charge >= 0.3 is 0 Å². The van der Waals surface area contributed by atoms with E-state index in [0.29, 0.717) is 5.13 Å². The molecule has 1 aromatic heterocycles. The fourth-order valence-corrected chi connectivity index (χ4v) is 4.92. The van der Waals surface area contributed by atoms with E-state index in [0.717, 1.165) is 32.6 Å². The number of carbonyl (C=O) groups excluding carboxylic acids is 1. The fourth-order valence-electron chi connectivity index (χ4n) is 3.01. The van der Waals surface area contributed by atoms with E-state index in [1.807, 2.05) is 85.8 Å². The lowest BCUT2D eigenvalue weighted by molar-refractivity contribution is -0.115.